The third kappa shape index (κ3) is 5.13. The number of allylic oxidation sites excluding steroid dienone is 2. The molecule has 42 heavy (non-hydrogen) atoms. The lowest BCUT2D eigenvalue weighted by atomic mass is 9.67. The maximum Gasteiger partial charge on any atom is 0.338 e. The fourth-order valence-corrected chi connectivity index (χ4v) is 5.88. The van der Waals surface area contributed by atoms with Crippen LogP contribution in [0.2, 0.25) is 0 Å². The highest BCUT2D eigenvalue weighted by atomic mass is 16.5. The van der Waals surface area contributed by atoms with Crippen LogP contribution < -0.4 is 15.4 Å². The van der Waals surface area contributed by atoms with Crippen LogP contribution in [0.25, 0.3) is 0 Å². The van der Waals surface area contributed by atoms with Crippen molar-refractivity contribution in [1.29, 1.82) is 0 Å². The maximum atomic E-state index is 14.8. The molecule has 9 nitrogen and oxygen atoms in total. The predicted octanol–water partition coefficient (Wildman–Crippen LogP) is 4.62. The molecule has 0 radical (unpaired) electrons. The largest absolute Gasteiger partial charge is 0.497 e. The summed E-state index contributed by atoms with van der Waals surface area (Å²) in [5, 5.41) is 0. The molecule has 5 rings (SSSR count). The molecule has 2 heterocycles. The van der Waals surface area contributed by atoms with Gasteiger partial charge in [-0.25, -0.2) is 4.79 Å². The van der Waals surface area contributed by atoms with Gasteiger partial charge in [0.1, 0.15) is 17.5 Å². The number of ketones is 1. The van der Waals surface area contributed by atoms with Crippen molar-refractivity contribution in [1.82, 2.24) is 4.98 Å². The first-order chi connectivity index (χ1) is 20.4. The van der Waals surface area contributed by atoms with Crippen molar-refractivity contribution in [3.63, 3.8) is 0 Å². The van der Waals surface area contributed by atoms with Crippen molar-refractivity contribution >= 4 is 23.4 Å². The van der Waals surface area contributed by atoms with E-state index in [0.29, 0.717) is 28.3 Å². The molecule has 1 aliphatic carbocycles. The molecule has 2 aromatic carbocycles. The monoisotopic (exact) mass is 567 g/mol. The number of nitrogens with zero attached hydrogens (tertiary/aromatic N) is 2. The summed E-state index contributed by atoms with van der Waals surface area (Å²) >= 11 is 0. The number of nitrogens with two attached hydrogens (primary N) is 1. The normalized spacial score (nSPS) is 20.2. The number of carbonyl (C=O) groups is 3. The number of benzene rings is 2. The van der Waals surface area contributed by atoms with Gasteiger partial charge in [0.2, 0.25) is 0 Å². The summed E-state index contributed by atoms with van der Waals surface area (Å²) in [6.07, 6.45) is 3.47. The summed E-state index contributed by atoms with van der Waals surface area (Å²) in [6.45, 7) is 3.64. The van der Waals surface area contributed by atoms with Crippen LogP contribution in [-0.4, -0.2) is 43.0 Å². The maximum absolute atomic E-state index is 14.8. The molecular weight excluding hydrogens is 534 g/mol. The highest BCUT2D eigenvalue weighted by Gasteiger charge is 2.51. The van der Waals surface area contributed by atoms with Gasteiger partial charge in [0.25, 0.3) is 0 Å². The standard InChI is InChI=1S/C33H33N3O6/c1-4-41-32(38)27-24(20-11-9-15-23(17-20)40-3)18-25-28(30(27)37)26(21-12-10-16-35-19-21)29(33(39)42-5-2)31(34)36(25)22-13-7-6-8-14-22/h6-17,19,24,26-27H,4-5,18,34H2,1-3H3. The van der Waals surface area contributed by atoms with E-state index in [1.54, 1.807) is 56.4 Å². The molecule has 0 spiro atoms. The molecule has 1 aliphatic heterocycles. The zero-order chi connectivity index (χ0) is 29.8. The molecule has 1 aromatic heterocycles. The number of para-hydroxylation sites is 1. The zero-order valence-corrected chi connectivity index (χ0v) is 23.8. The second-order valence-corrected chi connectivity index (χ2v) is 9.95. The molecule has 0 fully saturated rings. The summed E-state index contributed by atoms with van der Waals surface area (Å²) in [4.78, 5) is 47.9. The minimum absolute atomic E-state index is 0.114. The SMILES string of the molecule is CCOC(=O)C1=C(N)N(c2ccccc2)C2=C(C(=O)C(C(=O)OCC)C(c3cccc(OC)c3)C2)C1c1cccnc1. The Balaban J connectivity index is 1.80. The smallest absolute Gasteiger partial charge is 0.338 e. The van der Waals surface area contributed by atoms with Gasteiger partial charge in [-0.3, -0.25) is 19.5 Å². The number of ether oxygens (including phenoxy) is 3. The number of carbonyl (C=O) groups excluding carboxylic acids is 3. The Kier molecular flexibility index (Phi) is 8.38. The van der Waals surface area contributed by atoms with Crippen molar-refractivity contribution in [2.75, 3.05) is 25.2 Å². The Morgan fingerprint density at radius 1 is 0.976 bits per heavy atom. The van der Waals surface area contributed by atoms with Crippen LogP contribution >= 0.6 is 0 Å². The molecular formula is C33H33N3O6. The number of rotatable bonds is 8. The van der Waals surface area contributed by atoms with E-state index in [1.807, 2.05) is 48.5 Å². The highest BCUT2D eigenvalue weighted by Crippen LogP contribution is 2.51. The van der Waals surface area contributed by atoms with Gasteiger partial charge >= 0.3 is 11.9 Å². The van der Waals surface area contributed by atoms with Crippen LogP contribution in [0.3, 0.4) is 0 Å². The predicted molar refractivity (Wildman–Crippen MR) is 156 cm³/mol. The molecule has 0 amide bonds. The number of pyridine rings is 1. The lowest BCUT2D eigenvalue weighted by Crippen LogP contribution is -2.46. The van der Waals surface area contributed by atoms with Crippen LogP contribution in [0.1, 0.15) is 43.2 Å². The second-order valence-electron chi connectivity index (χ2n) is 9.95. The number of Topliss-reactive ketones (excluding diaryl/α,β-unsaturated/α-hetero) is 1. The van der Waals surface area contributed by atoms with Gasteiger partial charge in [-0.2, -0.15) is 0 Å². The van der Waals surface area contributed by atoms with Gasteiger partial charge in [-0.1, -0.05) is 36.4 Å². The molecule has 3 atom stereocenters. The van der Waals surface area contributed by atoms with Crippen molar-refractivity contribution in [2.45, 2.75) is 32.1 Å². The minimum Gasteiger partial charge on any atom is -0.497 e. The Morgan fingerprint density at radius 2 is 1.71 bits per heavy atom. The van der Waals surface area contributed by atoms with E-state index in [1.165, 1.54) is 0 Å². The van der Waals surface area contributed by atoms with E-state index in [9.17, 15) is 14.4 Å². The number of hydrogen-bond acceptors (Lipinski definition) is 9. The number of methoxy groups -OCH3 is 1. The van der Waals surface area contributed by atoms with E-state index >= 15 is 0 Å². The summed E-state index contributed by atoms with van der Waals surface area (Å²) < 4.78 is 16.4. The van der Waals surface area contributed by atoms with Gasteiger partial charge in [-0.05, 0) is 61.7 Å². The van der Waals surface area contributed by atoms with Crippen molar-refractivity contribution in [2.24, 2.45) is 11.7 Å². The fraction of sp³-hybridized carbons (Fsp3) is 0.273. The first-order valence-corrected chi connectivity index (χ1v) is 13.9. The van der Waals surface area contributed by atoms with Crippen molar-refractivity contribution in [3.8, 4) is 5.75 Å². The summed E-state index contributed by atoms with van der Waals surface area (Å²) in [5.74, 6) is -3.60. The molecule has 216 valence electrons. The molecule has 0 saturated carbocycles. The Hall–Kier alpha value is -4.92. The van der Waals surface area contributed by atoms with Gasteiger partial charge in [0.05, 0.1) is 31.8 Å². The zero-order valence-electron chi connectivity index (χ0n) is 23.8. The molecule has 9 heteroatoms. The number of esters is 2. The Morgan fingerprint density at radius 3 is 2.38 bits per heavy atom. The van der Waals surface area contributed by atoms with E-state index in [2.05, 4.69) is 4.98 Å². The molecule has 0 saturated heterocycles. The van der Waals surface area contributed by atoms with Crippen molar-refractivity contribution in [3.05, 3.63) is 113 Å². The lowest BCUT2D eigenvalue weighted by Gasteiger charge is -2.44. The molecule has 3 aromatic rings. The third-order valence-electron chi connectivity index (χ3n) is 7.63. The average molecular weight is 568 g/mol. The first-order valence-electron chi connectivity index (χ1n) is 13.9. The van der Waals surface area contributed by atoms with Crippen LogP contribution in [0.5, 0.6) is 5.75 Å². The van der Waals surface area contributed by atoms with Crippen molar-refractivity contribution < 1.29 is 28.6 Å². The van der Waals surface area contributed by atoms with E-state index in [-0.39, 0.29) is 31.0 Å². The first kappa shape index (κ1) is 28.6. The van der Waals surface area contributed by atoms with Gasteiger partial charge in [0.15, 0.2) is 5.78 Å². The lowest BCUT2D eigenvalue weighted by molar-refractivity contribution is -0.152. The fourth-order valence-electron chi connectivity index (χ4n) is 5.88. The van der Waals surface area contributed by atoms with E-state index in [0.717, 1.165) is 5.56 Å². The molecule has 3 unspecified atom stereocenters. The summed E-state index contributed by atoms with van der Waals surface area (Å²) in [6, 6.07) is 20.1. The number of aromatic nitrogens is 1. The topological polar surface area (TPSA) is 121 Å². The molecule has 2 N–H and O–H groups in total. The molecule has 0 bridgehead atoms. The summed E-state index contributed by atoms with van der Waals surface area (Å²) in [5.41, 5.74) is 9.87. The Labute approximate surface area is 244 Å². The third-order valence-corrected chi connectivity index (χ3v) is 7.63. The van der Waals surface area contributed by atoms with Crippen LogP contribution in [0.4, 0.5) is 5.69 Å². The number of anilines is 1. The van der Waals surface area contributed by atoms with Crippen LogP contribution in [0.15, 0.2) is 102 Å². The second kappa shape index (κ2) is 12.3. The van der Waals surface area contributed by atoms with Crippen LogP contribution in [0, 0.1) is 5.92 Å². The highest BCUT2D eigenvalue weighted by molar-refractivity contribution is 6.14. The van der Waals surface area contributed by atoms with Gasteiger partial charge < -0.3 is 19.9 Å². The number of hydrogen-bond donors (Lipinski definition) is 1. The van der Waals surface area contributed by atoms with Crippen LogP contribution in [-0.2, 0) is 23.9 Å². The van der Waals surface area contributed by atoms with Gasteiger partial charge in [0, 0.05) is 35.3 Å². The van der Waals surface area contributed by atoms with Gasteiger partial charge in [-0.15, -0.1) is 0 Å². The quantitative estimate of drug-likeness (QED) is 0.307. The average Bonchev–Trinajstić information content (AvgIpc) is 3.01. The molecule has 2 aliphatic rings. The Bertz CT molecular complexity index is 1550. The minimum atomic E-state index is -1.16. The van der Waals surface area contributed by atoms with E-state index in [4.69, 9.17) is 19.9 Å². The van der Waals surface area contributed by atoms with E-state index < -0.39 is 35.5 Å². The summed E-state index contributed by atoms with van der Waals surface area (Å²) in [7, 11) is 1.56.